The quantitative estimate of drug-likeness (QED) is 0.457. The van der Waals surface area contributed by atoms with Crippen LogP contribution in [0.25, 0.3) is 0 Å². The van der Waals surface area contributed by atoms with E-state index in [0.29, 0.717) is 16.9 Å². The fourth-order valence-corrected chi connectivity index (χ4v) is 2.07. The first-order valence-corrected chi connectivity index (χ1v) is 7.63. The summed E-state index contributed by atoms with van der Waals surface area (Å²) in [6.07, 6.45) is 0. The molecule has 0 N–H and O–H groups in total. The number of nitrogens with zero attached hydrogens (tertiary/aromatic N) is 1. The van der Waals surface area contributed by atoms with Gasteiger partial charge in [-0.2, -0.15) is 0 Å². The van der Waals surface area contributed by atoms with Crippen molar-refractivity contribution in [3.63, 3.8) is 0 Å². The van der Waals surface area contributed by atoms with E-state index in [1.54, 1.807) is 24.3 Å². The summed E-state index contributed by atoms with van der Waals surface area (Å²) in [5.74, 6) is -0.988. The molecular formula is C19H19NO5. The molecular weight excluding hydrogens is 322 g/mol. The molecule has 0 amide bonds. The minimum Gasteiger partial charge on any atom is -0.454 e. The van der Waals surface area contributed by atoms with Crippen LogP contribution in [0.5, 0.6) is 5.75 Å². The zero-order valence-electron chi connectivity index (χ0n) is 14.3. The molecule has 130 valence electrons. The third-order valence-electron chi connectivity index (χ3n) is 3.39. The SMILES string of the molecule is CC(=O)Oc1ccc(C(=O)COC(=O)c2ccc(N(C)C)cc2)cc1. The molecule has 0 aliphatic carbocycles. The number of rotatable bonds is 6. The average molecular weight is 341 g/mol. The number of carbonyl (C=O) groups excluding carboxylic acids is 3. The lowest BCUT2D eigenvalue weighted by Crippen LogP contribution is -2.14. The normalized spacial score (nSPS) is 10.0. The van der Waals surface area contributed by atoms with Crippen LogP contribution in [0.2, 0.25) is 0 Å². The van der Waals surface area contributed by atoms with E-state index in [4.69, 9.17) is 9.47 Å². The topological polar surface area (TPSA) is 72.9 Å². The summed E-state index contributed by atoms with van der Waals surface area (Å²) in [6, 6.07) is 12.9. The second-order valence-electron chi connectivity index (χ2n) is 5.56. The fourth-order valence-electron chi connectivity index (χ4n) is 2.07. The molecule has 2 rings (SSSR count). The van der Waals surface area contributed by atoms with Crippen LogP contribution in [0.3, 0.4) is 0 Å². The smallest absolute Gasteiger partial charge is 0.338 e. The van der Waals surface area contributed by atoms with E-state index in [-0.39, 0.29) is 12.4 Å². The van der Waals surface area contributed by atoms with Crippen LogP contribution in [0.1, 0.15) is 27.6 Å². The van der Waals surface area contributed by atoms with E-state index in [2.05, 4.69) is 0 Å². The first-order chi connectivity index (χ1) is 11.9. The molecule has 0 aliphatic heterocycles. The van der Waals surface area contributed by atoms with E-state index in [0.717, 1.165) is 5.69 Å². The molecule has 25 heavy (non-hydrogen) atoms. The molecule has 0 saturated carbocycles. The standard InChI is InChI=1S/C19H19NO5/c1-13(21)25-17-10-6-14(7-11-17)18(22)12-24-19(23)15-4-8-16(9-5-15)20(2)3/h4-11H,12H2,1-3H3. The molecule has 0 bridgehead atoms. The van der Waals surface area contributed by atoms with Gasteiger partial charge < -0.3 is 14.4 Å². The summed E-state index contributed by atoms with van der Waals surface area (Å²) in [7, 11) is 3.80. The molecule has 0 heterocycles. The van der Waals surface area contributed by atoms with Gasteiger partial charge in [0.2, 0.25) is 0 Å². The van der Waals surface area contributed by atoms with Gasteiger partial charge >= 0.3 is 11.9 Å². The predicted molar refractivity (Wildman–Crippen MR) is 93.1 cm³/mol. The van der Waals surface area contributed by atoms with Crippen molar-refractivity contribution in [2.45, 2.75) is 6.92 Å². The third-order valence-corrected chi connectivity index (χ3v) is 3.39. The van der Waals surface area contributed by atoms with Gasteiger partial charge in [-0.05, 0) is 48.5 Å². The summed E-state index contributed by atoms with van der Waals surface area (Å²) < 4.78 is 9.94. The van der Waals surface area contributed by atoms with E-state index in [9.17, 15) is 14.4 Å². The van der Waals surface area contributed by atoms with Gasteiger partial charge in [-0.15, -0.1) is 0 Å². The van der Waals surface area contributed by atoms with Crippen molar-refractivity contribution in [1.82, 2.24) is 0 Å². The Kier molecular flexibility index (Phi) is 5.89. The van der Waals surface area contributed by atoms with Gasteiger partial charge in [-0.1, -0.05) is 0 Å². The Morgan fingerprint density at radius 2 is 1.44 bits per heavy atom. The van der Waals surface area contributed by atoms with Crippen molar-refractivity contribution in [3.8, 4) is 5.75 Å². The highest BCUT2D eigenvalue weighted by Gasteiger charge is 2.12. The second-order valence-corrected chi connectivity index (χ2v) is 5.56. The van der Waals surface area contributed by atoms with Crippen molar-refractivity contribution in [2.75, 3.05) is 25.6 Å². The Labute approximate surface area is 146 Å². The summed E-state index contributed by atoms with van der Waals surface area (Å²) >= 11 is 0. The van der Waals surface area contributed by atoms with Crippen LogP contribution in [0.15, 0.2) is 48.5 Å². The molecule has 0 saturated heterocycles. The van der Waals surface area contributed by atoms with Gasteiger partial charge in [0.25, 0.3) is 0 Å². The van der Waals surface area contributed by atoms with Gasteiger partial charge in [0.1, 0.15) is 5.75 Å². The maximum atomic E-state index is 12.1. The van der Waals surface area contributed by atoms with Crippen LogP contribution in [0, 0.1) is 0 Å². The third kappa shape index (κ3) is 5.17. The van der Waals surface area contributed by atoms with Crippen molar-refractivity contribution < 1.29 is 23.9 Å². The number of hydrogen-bond acceptors (Lipinski definition) is 6. The number of hydrogen-bond donors (Lipinski definition) is 0. The van der Waals surface area contributed by atoms with E-state index in [1.165, 1.54) is 31.2 Å². The molecule has 0 unspecified atom stereocenters. The van der Waals surface area contributed by atoms with Crippen LogP contribution in [0.4, 0.5) is 5.69 Å². The largest absolute Gasteiger partial charge is 0.454 e. The monoisotopic (exact) mass is 341 g/mol. The lowest BCUT2D eigenvalue weighted by atomic mass is 10.1. The Balaban J connectivity index is 1.92. The second kappa shape index (κ2) is 8.10. The molecule has 2 aromatic carbocycles. The lowest BCUT2D eigenvalue weighted by molar-refractivity contribution is -0.131. The molecule has 0 fully saturated rings. The van der Waals surface area contributed by atoms with Gasteiger partial charge in [-0.25, -0.2) is 4.79 Å². The highest BCUT2D eigenvalue weighted by atomic mass is 16.5. The summed E-state index contributed by atoms with van der Waals surface area (Å²) in [6.45, 7) is 0.935. The van der Waals surface area contributed by atoms with Crippen LogP contribution >= 0.6 is 0 Å². The van der Waals surface area contributed by atoms with E-state index >= 15 is 0 Å². The highest BCUT2D eigenvalue weighted by molar-refractivity contribution is 5.99. The number of ether oxygens (including phenoxy) is 2. The summed E-state index contributed by atoms with van der Waals surface area (Å²) in [4.78, 5) is 36.8. The molecule has 0 spiro atoms. The minimum atomic E-state index is -0.560. The molecule has 6 heteroatoms. The predicted octanol–water partition coefficient (Wildman–Crippen LogP) is 2.72. The zero-order chi connectivity index (χ0) is 18.4. The Morgan fingerprint density at radius 3 is 1.96 bits per heavy atom. The van der Waals surface area contributed by atoms with Crippen LogP contribution < -0.4 is 9.64 Å². The molecule has 6 nitrogen and oxygen atoms in total. The van der Waals surface area contributed by atoms with Crippen LogP contribution in [-0.4, -0.2) is 38.4 Å². The van der Waals surface area contributed by atoms with Crippen molar-refractivity contribution >= 4 is 23.4 Å². The number of anilines is 1. The molecule has 0 radical (unpaired) electrons. The zero-order valence-corrected chi connectivity index (χ0v) is 14.3. The number of ketones is 1. The molecule has 0 aromatic heterocycles. The lowest BCUT2D eigenvalue weighted by Gasteiger charge is -2.12. The number of benzene rings is 2. The summed E-state index contributed by atoms with van der Waals surface area (Å²) in [5, 5.41) is 0. The fraction of sp³-hybridized carbons (Fsp3) is 0.211. The van der Waals surface area contributed by atoms with Gasteiger partial charge in [0, 0.05) is 32.3 Å². The number of carbonyl (C=O) groups is 3. The van der Waals surface area contributed by atoms with Crippen molar-refractivity contribution in [1.29, 1.82) is 0 Å². The Hall–Kier alpha value is -3.15. The maximum absolute atomic E-state index is 12.1. The van der Waals surface area contributed by atoms with Gasteiger partial charge in [0.15, 0.2) is 12.4 Å². The Morgan fingerprint density at radius 1 is 0.880 bits per heavy atom. The first-order valence-electron chi connectivity index (χ1n) is 7.63. The van der Waals surface area contributed by atoms with Gasteiger partial charge in [-0.3, -0.25) is 9.59 Å². The van der Waals surface area contributed by atoms with E-state index < -0.39 is 11.9 Å². The summed E-state index contributed by atoms with van der Waals surface area (Å²) in [5.41, 5.74) is 1.70. The first kappa shape index (κ1) is 18.2. The van der Waals surface area contributed by atoms with E-state index in [1.807, 2.05) is 19.0 Å². The molecule has 0 aliphatic rings. The molecule has 2 aromatic rings. The molecule has 0 atom stereocenters. The number of esters is 2. The maximum Gasteiger partial charge on any atom is 0.338 e. The number of Topliss-reactive ketones (excluding diaryl/α,β-unsaturated/α-hetero) is 1. The van der Waals surface area contributed by atoms with Gasteiger partial charge in [0.05, 0.1) is 5.56 Å². The average Bonchev–Trinajstić information content (AvgIpc) is 2.59. The Bertz CT molecular complexity index is 763. The van der Waals surface area contributed by atoms with Crippen molar-refractivity contribution in [2.24, 2.45) is 0 Å². The minimum absolute atomic E-state index is 0.340. The van der Waals surface area contributed by atoms with Crippen LogP contribution in [-0.2, 0) is 9.53 Å². The highest BCUT2D eigenvalue weighted by Crippen LogP contribution is 2.15. The van der Waals surface area contributed by atoms with Crippen molar-refractivity contribution in [3.05, 3.63) is 59.7 Å².